The zero-order valence-electron chi connectivity index (χ0n) is 19.4. The van der Waals surface area contributed by atoms with Gasteiger partial charge in [-0.15, -0.1) is 0 Å². The predicted octanol–water partition coefficient (Wildman–Crippen LogP) is 2.23. The largest absolute Gasteiger partial charge is 0.494 e. The number of carbonyl (C=O) groups is 2. The standard InChI is InChI=1S/C23H32N2O3.C2H2O4/c1-2-27-22-8-10-23(11-9-22)28-18-21(26)16-24-20-12-14-25(15-13-20)17-19-6-4-3-5-7-19;3-1(4)2(5)6/h3-11,20-21,24,26H,2,12-18H2,1H3;(H,3,4)(H,5,6). The predicted molar refractivity (Wildman–Crippen MR) is 127 cm³/mol. The highest BCUT2D eigenvalue weighted by Crippen LogP contribution is 2.18. The Kier molecular flexibility index (Phi) is 11.9. The molecule has 1 aliphatic rings. The smallest absolute Gasteiger partial charge is 0.414 e. The van der Waals surface area contributed by atoms with Crippen LogP contribution < -0.4 is 14.8 Å². The van der Waals surface area contributed by atoms with Gasteiger partial charge in [-0.05, 0) is 62.7 Å². The van der Waals surface area contributed by atoms with Gasteiger partial charge < -0.3 is 30.1 Å². The average Bonchev–Trinajstić information content (AvgIpc) is 2.84. The molecule has 0 aliphatic carbocycles. The molecule has 3 rings (SSSR count). The maximum absolute atomic E-state index is 10.2. The van der Waals surface area contributed by atoms with Gasteiger partial charge in [-0.25, -0.2) is 9.59 Å². The van der Waals surface area contributed by atoms with Gasteiger partial charge in [0.2, 0.25) is 0 Å². The highest BCUT2D eigenvalue weighted by atomic mass is 16.5. The quantitative estimate of drug-likeness (QED) is 0.383. The van der Waals surface area contributed by atoms with Crippen LogP contribution in [0.2, 0.25) is 0 Å². The van der Waals surface area contributed by atoms with Crippen molar-refractivity contribution in [2.24, 2.45) is 0 Å². The van der Waals surface area contributed by atoms with E-state index in [1.807, 2.05) is 31.2 Å². The van der Waals surface area contributed by atoms with Crippen LogP contribution in [0.15, 0.2) is 54.6 Å². The molecule has 0 bridgehead atoms. The van der Waals surface area contributed by atoms with Gasteiger partial charge >= 0.3 is 11.9 Å². The van der Waals surface area contributed by atoms with E-state index >= 15 is 0 Å². The molecular weight excluding hydrogens is 440 g/mol. The van der Waals surface area contributed by atoms with Gasteiger partial charge in [-0.1, -0.05) is 30.3 Å². The lowest BCUT2D eigenvalue weighted by Gasteiger charge is -2.33. The Hall–Kier alpha value is -3.14. The number of nitrogens with zero attached hydrogens (tertiary/aromatic N) is 1. The van der Waals surface area contributed by atoms with Crippen LogP contribution in [-0.2, 0) is 16.1 Å². The van der Waals surface area contributed by atoms with Crippen molar-refractivity contribution < 1.29 is 34.4 Å². The van der Waals surface area contributed by atoms with Crippen LogP contribution in [0.4, 0.5) is 0 Å². The monoisotopic (exact) mass is 474 g/mol. The number of hydrogen-bond donors (Lipinski definition) is 4. The van der Waals surface area contributed by atoms with Crippen molar-refractivity contribution in [3.63, 3.8) is 0 Å². The Morgan fingerprint density at radius 2 is 1.53 bits per heavy atom. The van der Waals surface area contributed by atoms with Gasteiger partial charge in [0.25, 0.3) is 0 Å². The summed E-state index contributed by atoms with van der Waals surface area (Å²) in [5.74, 6) is -2.07. The van der Waals surface area contributed by atoms with Gasteiger partial charge in [0.1, 0.15) is 24.2 Å². The molecule has 1 fully saturated rings. The first kappa shape index (κ1) is 27.1. The maximum Gasteiger partial charge on any atom is 0.414 e. The second-order valence-corrected chi connectivity index (χ2v) is 7.92. The van der Waals surface area contributed by atoms with E-state index in [0.717, 1.165) is 44.0 Å². The van der Waals surface area contributed by atoms with Crippen molar-refractivity contribution >= 4 is 11.9 Å². The second-order valence-electron chi connectivity index (χ2n) is 7.92. The van der Waals surface area contributed by atoms with E-state index in [1.165, 1.54) is 5.56 Å². The molecule has 1 heterocycles. The van der Waals surface area contributed by atoms with Gasteiger partial charge in [0, 0.05) is 19.1 Å². The third-order valence-electron chi connectivity index (χ3n) is 5.24. The lowest BCUT2D eigenvalue weighted by atomic mass is 10.0. The van der Waals surface area contributed by atoms with E-state index in [4.69, 9.17) is 29.3 Å². The SMILES string of the molecule is CCOc1ccc(OCC(O)CNC2CCN(Cc3ccccc3)CC2)cc1.O=C(O)C(=O)O. The first-order valence-corrected chi connectivity index (χ1v) is 11.4. The van der Waals surface area contributed by atoms with Gasteiger partial charge in [0.15, 0.2) is 0 Å². The molecule has 9 heteroatoms. The summed E-state index contributed by atoms with van der Waals surface area (Å²) in [6.07, 6.45) is 1.70. The molecule has 1 unspecified atom stereocenters. The van der Waals surface area contributed by atoms with Gasteiger partial charge in [-0.2, -0.15) is 0 Å². The molecule has 1 aliphatic heterocycles. The van der Waals surface area contributed by atoms with E-state index < -0.39 is 18.0 Å². The molecule has 0 aromatic heterocycles. The number of likely N-dealkylation sites (tertiary alicyclic amines) is 1. The fourth-order valence-electron chi connectivity index (χ4n) is 3.49. The fraction of sp³-hybridized carbons (Fsp3) is 0.440. The molecule has 4 N–H and O–H groups in total. The molecule has 9 nitrogen and oxygen atoms in total. The summed E-state index contributed by atoms with van der Waals surface area (Å²) in [5, 5.41) is 28.5. The van der Waals surface area contributed by atoms with Crippen LogP contribution in [-0.4, -0.2) is 77.2 Å². The van der Waals surface area contributed by atoms with Crippen LogP contribution in [0.5, 0.6) is 11.5 Å². The molecule has 0 saturated carbocycles. The van der Waals surface area contributed by atoms with E-state index in [-0.39, 0.29) is 6.61 Å². The Labute approximate surface area is 199 Å². The van der Waals surface area contributed by atoms with E-state index in [0.29, 0.717) is 19.2 Å². The minimum atomic E-state index is -1.82. The first-order valence-electron chi connectivity index (χ1n) is 11.4. The number of aliphatic carboxylic acids is 2. The average molecular weight is 475 g/mol. The van der Waals surface area contributed by atoms with Gasteiger partial charge in [-0.3, -0.25) is 4.90 Å². The molecule has 2 aromatic rings. The Bertz CT molecular complexity index is 841. The first-order chi connectivity index (χ1) is 16.4. The Morgan fingerprint density at radius 3 is 2.06 bits per heavy atom. The van der Waals surface area contributed by atoms with Crippen LogP contribution in [0.1, 0.15) is 25.3 Å². The van der Waals surface area contributed by atoms with Gasteiger partial charge in [0.05, 0.1) is 6.61 Å². The van der Waals surface area contributed by atoms with E-state index in [2.05, 4.69) is 40.5 Å². The third-order valence-corrected chi connectivity index (χ3v) is 5.24. The molecule has 1 saturated heterocycles. The molecule has 0 radical (unpaired) electrons. The van der Waals surface area contributed by atoms with Crippen molar-refractivity contribution in [1.29, 1.82) is 0 Å². The van der Waals surface area contributed by atoms with Crippen LogP contribution in [0, 0.1) is 0 Å². The van der Waals surface area contributed by atoms with Crippen molar-refractivity contribution in [3.05, 3.63) is 60.2 Å². The molecule has 186 valence electrons. The topological polar surface area (TPSA) is 129 Å². The minimum Gasteiger partial charge on any atom is -0.494 e. The number of piperidine rings is 1. The Morgan fingerprint density at radius 1 is 0.971 bits per heavy atom. The van der Waals surface area contributed by atoms with Crippen LogP contribution in [0.3, 0.4) is 0 Å². The normalized spacial score (nSPS) is 15.0. The zero-order valence-corrected chi connectivity index (χ0v) is 19.4. The molecule has 0 amide bonds. The number of benzene rings is 2. The third kappa shape index (κ3) is 10.7. The highest BCUT2D eigenvalue weighted by molar-refractivity contribution is 6.27. The lowest BCUT2D eigenvalue weighted by molar-refractivity contribution is -0.159. The number of ether oxygens (including phenoxy) is 2. The van der Waals surface area contributed by atoms with Crippen molar-refractivity contribution in [2.75, 3.05) is 32.8 Å². The number of nitrogens with one attached hydrogen (secondary N) is 1. The van der Waals surface area contributed by atoms with Crippen molar-refractivity contribution in [2.45, 2.75) is 38.5 Å². The summed E-state index contributed by atoms with van der Waals surface area (Å²) in [7, 11) is 0. The molecular formula is C25H34N2O7. The molecule has 1 atom stereocenters. The fourth-order valence-corrected chi connectivity index (χ4v) is 3.49. The summed E-state index contributed by atoms with van der Waals surface area (Å²) in [4.78, 5) is 20.7. The minimum absolute atomic E-state index is 0.286. The second kappa shape index (κ2) is 14.9. The number of aliphatic hydroxyl groups excluding tert-OH is 1. The Balaban J connectivity index is 0.000000604. The molecule has 34 heavy (non-hydrogen) atoms. The summed E-state index contributed by atoms with van der Waals surface area (Å²) >= 11 is 0. The highest BCUT2D eigenvalue weighted by Gasteiger charge is 2.19. The number of carboxylic acids is 2. The summed E-state index contributed by atoms with van der Waals surface area (Å²) in [5.41, 5.74) is 1.37. The zero-order chi connectivity index (χ0) is 24.8. The summed E-state index contributed by atoms with van der Waals surface area (Å²) < 4.78 is 11.1. The van der Waals surface area contributed by atoms with Crippen molar-refractivity contribution in [1.82, 2.24) is 10.2 Å². The molecule has 0 spiro atoms. The van der Waals surface area contributed by atoms with Crippen LogP contribution >= 0.6 is 0 Å². The number of rotatable bonds is 10. The maximum atomic E-state index is 10.2. The summed E-state index contributed by atoms with van der Waals surface area (Å²) in [6, 6.07) is 18.6. The van der Waals surface area contributed by atoms with Crippen LogP contribution in [0.25, 0.3) is 0 Å². The van der Waals surface area contributed by atoms with Crippen molar-refractivity contribution in [3.8, 4) is 11.5 Å². The van der Waals surface area contributed by atoms with E-state index in [1.54, 1.807) is 0 Å². The number of hydrogen-bond acceptors (Lipinski definition) is 7. The lowest BCUT2D eigenvalue weighted by Crippen LogP contribution is -2.45. The number of aliphatic hydroxyl groups is 1. The molecule has 2 aromatic carbocycles. The summed E-state index contributed by atoms with van der Waals surface area (Å²) in [6.45, 7) is 6.65. The number of carboxylic acid groups (broad SMARTS) is 2. The van der Waals surface area contributed by atoms with E-state index in [9.17, 15) is 5.11 Å².